The second-order valence-electron chi connectivity index (χ2n) is 3.69. The molecule has 0 aromatic rings. The fourth-order valence-corrected chi connectivity index (χ4v) is 1.72. The molecule has 14 heavy (non-hydrogen) atoms. The van der Waals surface area contributed by atoms with Gasteiger partial charge in [0.05, 0.1) is 25.4 Å². The Labute approximate surface area is 83.3 Å². The van der Waals surface area contributed by atoms with Crippen molar-refractivity contribution in [2.24, 2.45) is 5.92 Å². The average Bonchev–Trinajstić information content (AvgIpc) is 2.19. The maximum absolute atomic E-state index is 9.71. The van der Waals surface area contributed by atoms with Crippen LogP contribution in [0.5, 0.6) is 0 Å². The molecule has 0 aromatic carbocycles. The second-order valence-corrected chi connectivity index (χ2v) is 3.69. The average molecular weight is 206 g/mol. The van der Waals surface area contributed by atoms with E-state index in [0.717, 1.165) is 0 Å². The smallest absolute Gasteiger partial charge is 0.108 e. The fraction of sp³-hybridized carbons (Fsp3) is 1.00. The van der Waals surface area contributed by atoms with Crippen molar-refractivity contribution in [2.75, 3.05) is 20.3 Å². The molecule has 0 bridgehead atoms. The van der Waals surface area contributed by atoms with Crippen LogP contribution in [0.3, 0.4) is 0 Å². The van der Waals surface area contributed by atoms with Gasteiger partial charge in [0.15, 0.2) is 0 Å². The third kappa shape index (κ3) is 2.24. The maximum Gasteiger partial charge on any atom is 0.108 e. The van der Waals surface area contributed by atoms with E-state index in [2.05, 4.69) is 0 Å². The molecule has 0 saturated carbocycles. The summed E-state index contributed by atoms with van der Waals surface area (Å²) in [6.07, 6.45) is -2.69. The van der Waals surface area contributed by atoms with E-state index in [1.54, 1.807) is 6.92 Å². The predicted octanol–water partition coefficient (Wildman–Crippen LogP) is -1.25. The lowest BCUT2D eigenvalue weighted by Crippen LogP contribution is -2.55. The van der Waals surface area contributed by atoms with Crippen LogP contribution in [0.4, 0.5) is 0 Å². The number of ether oxygens (including phenoxy) is 2. The summed E-state index contributed by atoms with van der Waals surface area (Å²) in [5, 5.41) is 28.3. The van der Waals surface area contributed by atoms with E-state index in [1.807, 2.05) is 0 Å². The highest BCUT2D eigenvalue weighted by Gasteiger charge is 2.41. The normalized spacial score (nSPS) is 43.9. The molecule has 1 aliphatic rings. The lowest BCUT2D eigenvalue weighted by Gasteiger charge is -2.40. The van der Waals surface area contributed by atoms with Crippen molar-refractivity contribution in [1.82, 2.24) is 0 Å². The van der Waals surface area contributed by atoms with Crippen molar-refractivity contribution < 1.29 is 24.8 Å². The van der Waals surface area contributed by atoms with Crippen molar-refractivity contribution in [1.29, 1.82) is 0 Å². The van der Waals surface area contributed by atoms with Crippen LogP contribution in [0.2, 0.25) is 0 Å². The maximum atomic E-state index is 9.71. The summed E-state index contributed by atoms with van der Waals surface area (Å²) in [4.78, 5) is 0. The van der Waals surface area contributed by atoms with Gasteiger partial charge in [0.25, 0.3) is 0 Å². The van der Waals surface area contributed by atoms with E-state index < -0.39 is 24.4 Å². The summed E-state index contributed by atoms with van der Waals surface area (Å²) in [6, 6.07) is 0. The molecule has 5 heteroatoms. The second kappa shape index (κ2) is 5.04. The molecule has 84 valence electrons. The van der Waals surface area contributed by atoms with Crippen LogP contribution in [0.1, 0.15) is 6.92 Å². The van der Waals surface area contributed by atoms with E-state index in [4.69, 9.17) is 14.6 Å². The molecule has 1 fully saturated rings. The fourth-order valence-electron chi connectivity index (χ4n) is 1.72. The van der Waals surface area contributed by atoms with Crippen molar-refractivity contribution in [3.8, 4) is 0 Å². The zero-order chi connectivity index (χ0) is 10.7. The van der Waals surface area contributed by atoms with Gasteiger partial charge in [-0.05, 0) is 0 Å². The van der Waals surface area contributed by atoms with E-state index in [1.165, 1.54) is 7.11 Å². The van der Waals surface area contributed by atoms with Crippen LogP contribution in [-0.4, -0.2) is 60.1 Å². The molecular formula is C9H18O5. The third-order valence-electron chi connectivity index (χ3n) is 2.70. The summed E-state index contributed by atoms with van der Waals surface area (Å²) >= 11 is 0. The van der Waals surface area contributed by atoms with Gasteiger partial charge < -0.3 is 24.8 Å². The summed E-state index contributed by atoms with van der Waals surface area (Å²) in [5.41, 5.74) is 0. The van der Waals surface area contributed by atoms with Crippen LogP contribution in [-0.2, 0) is 9.47 Å². The highest BCUT2D eigenvalue weighted by Crippen LogP contribution is 2.25. The first kappa shape index (κ1) is 11.9. The van der Waals surface area contributed by atoms with Gasteiger partial charge in [0.2, 0.25) is 0 Å². The summed E-state index contributed by atoms with van der Waals surface area (Å²) in [7, 11) is 1.51. The Kier molecular flexibility index (Phi) is 4.28. The number of hydrogen-bond acceptors (Lipinski definition) is 5. The molecule has 0 radical (unpaired) electrons. The van der Waals surface area contributed by atoms with Gasteiger partial charge in [-0.2, -0.15) is 0 Å². The summed E-state index contributed by atoms with van der Waals surface area (Å²) < 4.78 is 10.2. The number of methoxy groups -OCH3 is 1. The molecule has 0 spiro atoms. The quantitative estimate of drug-likeness (QED) is 0.538. The first-order valence-corrected chi connectivity index (χ1v) is 4.73. The zero-order valence-corrected chi connectivity index (χ0v) is 8.46. The molecule has 5 atom stereocenters. The number of rotatable bonds is 3. The lowest BCUT2D eigenvalue weighted by atomic mass is 9.88. The molecule has 5 nitrogen and oxygen atoms in total. The Bertz CT molecular complexity index is 171. The monoisotopic (exact) mass is 206 g/mol. The van der Waals surface area contributed by atoms with E-state index in [-0.39, 0.29) is 19.1 Å². The Hall–Kier alpha value is -0.200. The largest absolute Gasteiger partial charge is 0.394 e. The molecule has 0 amide bonds. The van der Waals surface area contributed by atoms with Gasteiger partial charge in [-0.25, -0.2) is 0 Å². The molecule has 1 rings (SSSR count). The van der Waals surface area contributed by atoms with Gasteiger partial charge in [-0.1, -0.05) is 6.92 Å². The minimum Gasteiger partial charge on any atom is -0.394 e. The zero-order valence-electron chi connectivity index (χ0n) is 8.46. The number of hydrogen-bond donors (Lipinski definition) is 3. The van der Waals surface area contributed by atoms with E-state index in [0.29, 0.717) is 0 Å². The Morgan fingerprint density at radius 1 is 1.21 bits per heavy atom. The summed E-state index contributed by atoms with van der Waals surface area (Å²) in [5.74, 6) is -0.318. The first-order valence-electron chi connectivity index (χ1n) is 4.73. The van der Waals surface area contributed by atoms with E-state index >= 15 is 0 Å². The Morgan fingerprint density at radius 3 is 2.29 bits per heavy atom. The van der Waals surface area contributed by atoms with E-state index in [9.17, 15) is 10.2 Å². The molecule has 1 aliphatic heterocycles. The van der Waals surface area contributed by atoms with Crippen molar-refractivity contribution in [3.05, 3.63) is 0 Å². The van der Waals surface area contributed by atoms with Crippen LogP contribution < -0.4 is 0 Å². The van der Waals surface area contributed by atoms with Crippen LogP contribution in [0.25, 0.3) is 0 Å². The molecular weight excluding hydrogens is 188 g/mol. The number of aliphatic hydroxyl groups is 3. The molecule has 4 unspecified atom stereocenters. The van der Waals surface area contributed by atoms with Crippen molar-refractivity contribution in [2.45, 2.75) is 31.3 Å². The minimum absolute atomic E-state index is 0.252. The topological polar surface area (TPSA) is 79.2 Å². The molecule has 3 N–H and O–H groups in total. The molecule has 0 aromatic heterocycles. The highest BCUT2D eigenvalue weighted by molar-refractivity contribution is 4.89. The first-order chi connectivity index (χ1) is 6.61. The third-order valence-corrected chi connectivity index (χ3v) is 2.70. The van der Waals surface area contributed by atoms with Gasteiger partial charge in [-0.3, -0.25) is 0 Å². The Morgan fingerprint density at radius 2 is 1.79 bits per heavy atom. The van der Waals surface area contributed by atoms with Crippen molar-refractivity contribution >= 4 is 0 Å². The standard InChI is InChI=1S/C9H18O5/c1-5-8(11)6(3-10)14-7(4-13-2)9(5)12/h5-12H,3-4H2,1-2H3/t5?,6?,7-,8?,9?/m0/s1. The van der Waals surface area contributed by atoms with Gasteiger partial charge in [0.1, 0.15) is 12.2 Å². The lowest BCUT2D eigenvalue weighted by molar-refractivity contribution is -0.215. The molecule has 0 aliphatic carbocycles. The van der Waals surface area contributed by atoms with Gasteiger partial charge >= 0.3 is 0 Å². The predicted molar refractivity (Wildman–Crippen MR) is 48.8 cm³/mol. The SMILES string of the molecule is COC[C@@H]1OC(CO)C(O)C(C)C1O. The number of aliphatic hydroxyl groups excluding tert-OH is 3. The van der Waals surface area contributed by atoms with Crippen LogP contribution in [0, 0.1) is 5.92 Å². The highest BCUT2D eigenvalue weighted by atomic mass is 16.6. The van der Waals surface area contributed by atoms with Gasteiger partial charge in [-0.15, -0.1) is 0 Å². The Balaban J connectivity index is 2.63. The van der Waals surface area contributed by atoms with Gasteiger partial charge in [0, 0.05) is 13.0 Å². The molecule has 1 heterocycles. The summed E-state index contributed by atoms with van der Waals surface area (Å²) in [6.45, 7) is 1.73. The minimum atomic E-state index is -0.830. The van der Waals surface area contributed by atoms with Crippen molar-refractivity contribution in [3.63, 3.8) is 0 Å². The molecule has 1 saturated heterocycles. The van der Waals surface area contributed by atoms with Crippen LogP contribution in [0.15, 0.2) is 0 Å². The van der Waals surface area contributed by atoms with Crippen LogP contribution >= 0.6 is 0 Å².